The maximum atomic E-state index is 13.2. The van der Waals surface area contributed by atoms with Crippen molar-refractivity contribution in [2.24, 2.45) is 5.92 Å². The van der Waals surface area contributed by atoms with Crippen molar-refractivity contribution in [3.8, 4) is 0 Å². The Kier molecular flexibility index (Phi) is 6.70. The van der Waals surface area contributed by atoms with E-state index in [1.807, 2.05) is 65.6 Å². The molecule has 0 aromatic heterocycles. The highest BCUT2D eigenvalue weighted by Gasteiger charge is 2.29. The number of hydrogen-bond donors (Lipinski definition) is 1. The van der Waals surface area contributed by atoms with Gasteiger partial charge in [-0.25, -0.2) is 0 Å². The molecule has 1 heterocycles. The van der Waals surface area contributed by atoms with Gasteiger partial charge in [-0.3, -0.25) is 9.59 Å². The van der Waals surface area contributed by atoms with Gasteiger partial charge >= 0.3 is 0 Å². The molecule has 1 aliphatic rings. The van der Waals surface area contributed by atoms with Crippen molar-refractivity contribution in [3.63, 3.8) is 0 Å². The number of rotatable bonds is 6. The van der Waals surface area contributed by atoms with Crippen LogP contribution in [0, 0.1) is 5.92 Å². The molecule has 0 radical (unpaired) electrons. The Bertz CT molecular complexity index is 1020. The van der Waals surface area contributed by atoms with Gasteiger partial charge in [-0.15, -0.1) is 11.8 Å². The van der Waals surface area contributed by atoms with E-state index in [1.54, 1.807) is 11.8 Å². The first-order valence-corrected chi connectivity index (χ1v) is 11.4. The van der Waals surface area contributed by atoms with Crippen LogP contribution in [0.1, 0.15) is 23.2 Å². The third-order valence-electron chi connectivity index (χ3n) is 5.51. The fourth-order valence-electron chi connectivity index (χ4n) is 3.96. The second-order valence-corrected chi connectivity index (χ2v) is 8.74. The molecule has 5 heteroatoms. The Labute approximate surface area is 181 Å². The second kappa shape index (κ2) is 9.81. The Morgan fingerprint density at radius 2 is 1.73 bits per heavy atom. The monoisotopic (exact) mass is 418 g/mol. The standard InChI is InChI=1S/C25H26N2O2S/c28-24(26-15-17-30-21-11-2-1-3-12-21)20-10-7-16-27(18-20)25(29)23-14-6-9-19-8-4-5-13-22(19)23/h1-6,8-9,11-14,20H,7,10,15-18H2,(H,26,28)/t20-/m0/s1. The van der Waals surface area contributed by atoms with E-state index in [0.717, 1.165) is 29.4 Å². The van der Waals surface area contributed by atoms with Gasteiger partial charge in [0.1, 0.15) is 0 Å². The lowest BCUT2D eigenvalue weighted by Gasteiger charge is -2.32. The summed E-state index contributed by atoms with van der Waals surface area (Å²) in [7, 11) is 0. The Balaban J connectivity index is 1.33. The van der Waals surface area contributed by atoms with Gasteiger partial charge in [-0.1, -0.05) is 54.6 Å². The number of carbonyl (C=O) groups excluding carboxylic acids is 2. The summed E-state index contributed by atoms with van der Waals surface area (Å²) in [6, 6.07) is 24.0. The number of carbonyl (C=O) groups is 2. The highest BCUT2D eigenvalue weighted by atomic mass is 32.2. The van der Waals surface area contributed by atoms with Gasteiger partial charge in [0.15, 0.2) is 0 Å². The first kappa shape index (κ1) is 20.5. The normalized spacial score (nSPS) is 16.4. The minimum Gasteiger partial charge on any atom is -0.355 e. The number of nitrogens with zero attached hydrogens (tertiary/aromatic N) is 1. The van der Waals surface area contributed by atoms with Crippen LogP contribution in [0.25, 0.3) is 10.8 Å². The van der Waals surface area contributed by atoms with Crippen LogP contribution in [0.15, 0.2) is 77.7 Å². The lowest BCUT2D eigenvalue weighted by molar-refractivity contribution is -0.126. The minimum absolute atomic E-state index is 0.0175. The average molecular weight is 419 g/mol. The van der Waals surface area contributed by atoms with Crippen molar-refractivity contribution in [2.45, 2.75) is 17.7 Å². The predicted octanol–water partition coefficient (Wildman–Crippen LogP) is 4.60. The zero-order chi connectivity index (χ0) is 20.8. The largest absolute Gasteiger partial charge is 0.355 e. The van der Waals surface area contributed by atoms with Gasteiger partial charge in [0.05, 0.1) is 5.92 Å². The summed E-state index contributed by atoms with van der Waals surface area (Å²) in [5, 5.41) is 5.08. The molecular weight excluding hydrogens is 392 g/mol. The van der Waals surface area contributed by atoms with E-state index < -0.39 is 0 Å². The first-order valence-electron chi connectivity index (χ1n) is 10.4. The molecule has 0 bridgehead atoms. The van der Waals surface area contributed by atoms with Gasteiger partial charge < -0.3 is 10.2 Å². The van der Waals surface area contributed by atoms with Crippen LogP contribution in [0.5, 0.6) is 0 Å². The van der Waals surface area contributed by atoms with E-state index >= 15 is 0 Å². The number of thioether (sulfide) groups is 1. The van der Waals surface area contributed by atoms with Crippen LogP contribution in [-0.2, 0) is 4.79 Å². The highest BCUT2D eigenvalue weighted by Crippen LogP contribution is 2.24. The molecule has 0 spiro atoms. The topological polar surface area (TPSA) is 49.4 Å². The third-order valence-corrected chi connectivity index (χ3v) is 6.53. The molecule has 3 aromatic rings. The molecule has 154 valence electrons. The van der Waals surface area contributed by atoms with Gasteiger partial charge in [0.25, 0.3) is 5.91 Å². The summed E-state index contributed by atoms with van der Waals surface area (Å²) < 4.78 is 0. The Morgan fingerprint density at radius 3 is 2.60 bits per heavy atom. The molecule has 4 nitrogen and oxygen atoms in total. The van der Waals surface area contributed by atoms with E-state index in [-0.39, 0.29) is 17.7 Å². The molecule has 3 aromatic carbocycles. The van der Waals surface area contributed by atoms with Crippen molar-refractivity contribution in [1.82, 2.24) is 10.2 Å². The van der Waals surface area contributed by atoms with Crippen molar-refractivity contribution in [1.29, 1.82) is 0 Å². The lowest BCUT2D eigenvalue weighted by Crippen LogP contribution is -2.45. The molecule has 1 atom stereocenters. The molecule has 1 fully saturated rings. The maximum Gasteiger partial charge on any atom is 0.254 e. The summed E-state index contributed by atoms with van der Waals surface area (Å²) in [4.78, 5) is 28.9. The molecule has 4 rings (SSSR count). The number of fused-ring (bicyclic) bond motifs is 1. The number of hydrogen-bond acceptors (Lipinski definition) is 3. The maximum absolute atomic E-state index is 13.2. The third kappa shape index (κ3) is 4.85. The molecule has 0 saturated carbocycles. The summed E-state index contributed by atoms with van der Waals surface area (Å²) in [5.74, 6) is 0.767. The van der Waals surface area contributed by atoms with Crippen LogP contribution in [0.4, 0.5) is 0 Å². The van der Waals surface area contributed by atoms with Crippen LogP contribution in [0.3, 0.4) is 0 Å². The van der Waals surface area contributed by atoms with Gasteiger partial charge in [0.2, 0.25) is 5.91 Å². The molecule has 30 heavy (non-hydrogen) atoms. The SMILES string of the molecule is O=C(NCCSc1ccccc1)[C@H]1CCCN(C(=O)c2cccc3ccccc23)C1. The summed E-state index contributed by atoms with van der Waals surface area (Å²) in [6.45, 7) is 1.82. The molecule has 1 N–H and O–H groups in total. The minimum atomic E-state index is -0.139. The molecule has 0 unspecified atom stereocenters. The van der Waals surface area contributed by atoms with Crippen LogP contribution >= 0.6 is 11.8 Å². The lowest BCUT2D eigenvalue weighted by atomic mass is 9.95. The zero-order valence-corrected chi connectivity index (χ0v) is 17.7. The highest BCUT2D eigenvalue weighted by molar-refractivity contribution is 7.99. The molecule has 1 saturated heterocycles. The fourth-order valence-corrected chi connectivity index (χ4v) is 4.75. The summed E-state index contributed by atoms with van der Waals surface area (Å²) in [5.41, 5.74) is 0.716. The van der Waals surface area contributed by atoms with Gasteiger partial charge in [-0.05, 0) is 41.8 Å². The van der Waals surface area contributed by atoms with Crippen LogP contribution in [0.2, 0.25) is 0 Å². The number of benzene rings is 3. The first-order chi connectivity index (χ1) is 14.7. The van der Waals surface area contributed by atoms with Crippen LogP contribution < -0.4 is 5.32 Å². The summed E-state index contributed by atoms with van der Waals surface area (Å²) in [6.07, 6.45) is 1.68. The van der Waals surface area contributed by atoms with E-state index in [1.165, 1.54) is 4.90 Å². The van der Waals surface area contributed by atoms with Crippen LogP contribution in [-0.4, -0.2) is 42.1 Å². The van der Waals surface area contributed by atoms with Crippen molar-refractivity contribution in [3.05, 3.63) is 78.4 Å². The summed E-state index contributed by atoms with van der Waals surface area (Å²) >= 11 is 1.73. The smallest absolute Gasteiger partial charge is 0.254 e. The quantitative estimate of drug-likeness (QED) is 0.470. The average Bonchev–Trinajstić information content (AvgIpc) is 2.81. The predicted molar refractivity (Wildman–Crippen MR) is 123 cm³/mol. The van der Waals surface area contributed by atoms with Gasteiger partial charge in [-0.2, -0.15) is 0 Å². The molecule has 0 aliphatic carbocycles. The number of nitrogens with one attached hydrogen (secondary N) is 1. The van der Waals surface area contributed by atoms with E-state index in [4.69, 9.17) is 0 Å². The van der Waals surface area contributed by atoms with Crippen molar-refractivity contribution >= 4 is 34.3 Å². The van der Waals surface area contributed by atoms with E-state index in [2.05, 4.69) is 17.4 Å². The number of piperidine rings is 1. The molecule has 1 aliphatic heterocycles. The van der Waals surface area contributed by atoms with Crippen molar-refractivity contribution in [2.75, 3.05) is 25.4 Å². The van der Waals surface area contributed by atoms with Gasteiger partial charge in [0, 0.05) is 35.8 Å². The van der Waals surface area contributed by atoms with Crippen molar-refractivity contribution < 1.29 is 9.59 Å². The fraction of sp³-hybridized carbons (Fsp3) is 0.280. The van der Waals surface area contributed by atoms with E-state index in [9.17, 15) is 9.59 Å². The Hall–Kier alpha value is -2.79. The molecular formula is C25H26N2O2S. The molecule has 2 amide bonds. The number of amides is 2. The second-order valence-electron chi connectivity index (χ2n) is 7.57. The van der Waals surface area contributed by atoms with E-state index in [0.29, 0.717) is 25.2 Å². The Morgan fingerprint density at radius 1 is 0.967 bits per heavy atom. The zero-order valence-electron chi connectivity index (χ0n) is 16.9. The number of likely N-dealkylation sites (tertiary alicyclic amines) is 1.